The molecule has 1 fully saturated rings. The van der Waals surface area contributed by atoms with Gasteiger partial charge in [-0.2, -0.15) is 0 Å². The molecule has 1 aliphatic rings. The molecular weight excluding hydrogens is 279 g/mol. The molecule has 1 saturated carbocycles. The number of benzene rings is 1. The van der Waals surface area contributed by atoms with E-state index in [9.17, 15) is 9.50 Å². The molecule has 2 rings (SSSR count). The lowest BCUT2D eigenvalue weighted by Gasteiger charge is -2.32. The molecule has 0 amide bonds. The Morgan fingerprint density at radius 2 is 2.05 bits per heavy atom. The van der Waals surface area contributed by atoms with Crippen LogP contribution in [0.4, 0.5) is 4.39 Å². The number of hydrogen-bond donors (Lipinski definition) is 1. The van der Waals surface area contributed by atoms with E-state index in [1.54, 1.807) is 7.11 Å². The highest BCUT2D eigenvalue weighted by Crippen LogP contribution is 2.30. The van der Waals surface area contributed by atoms with Crippen molar-refractivity contribution in [3.8, 4) is 0 Å². The molecule has 4 heteroatoms. The third-order valence-corrected chi connectivity index (χ3v) is 4.57. The summed E-state index contributed by atoms with van der Waals surface area (Å²) < 4.78 is 18.8. The molecule has 2 atom stereocenters. The second-order valence-electron chi connectivity index (χ2n) is 5.61. The summed E-state index contributed by atoms with van der Waals surface area (Å²) in [6.45, 7) is 0. The van der Waals surface area contributed by atoms with Gasteiger partial charge in [-0.3, -0.25) is 0 Å². The maximum atomic E-state index is 13.3. The summed E-state index contributed by atoms with van der Waals surface area (Å²) in [4.78, 5) is 0. The van der Waals surface area contributed by atoms with Crippen LogP contribution in [-0.2, 0) is 11.2 Å². The van der Waals surface area contributed by atoms with Crippen molar-refractivity contribution in [3.05, 3.63) is 34.6 Å². The van der Waals surface area contributed by atoms with E-state index in [2.05, 4.69) is 0 Å². The fourth-order valence-electron chi connectivity index (χ4n) is 3.17. The second kappa shape index (κ2) is 7.39. The summed E-state index contributed by atoms with van der Waals surface area (Å²) in [5, 5.41) is 10.9. The van der Waals surface area contributed by atoms with Crippen LogP contribution in [0.1, 0.15) is 37.7 Å². The molecule has 0 spiro atoms. The lowest BCUT2D eigenvalue weighted by atomic mass is 9.82. The van der Waals surface area contributed by atoms with Crippen LogP contribution in [0.2, 0.25) is 5.02 Å². The van der Waals surface area contributed by atoms with E-state index in [-0.39, 0.29) is 11.9 Å². The molecular formula is C16H22ClFO2. The number of methoxy groups -OCH3 is 1. The third kappa shape index (κ3) is 3.94. The Labute approximate surface area is 124 Å². The smallest absolute Gasteiger partial charge is 0.123 e. The maximum absolute atomic E-state index is 13.3. The molecule has 20 heavy (non-hydrogen) atoms. The van der Waals surface area contributed by atoms with Crippen LogP contribution in [0.15, 0.2) is 18.2 Å². The van der Waals surface area contributed by atoms with Crippen molar-refractivity contribution in [2.75, 3.05) is 7.11 Å². The molecule has 0 saturated heterocycles. The van der Waals surface area contributed by atoms with Crippen LogP contribution >= 0.6 is 11.6 Å². The average molecular weight is 301 g/mol. The van der Waals surface area contributed by atoms with E-state index in [1.807, 2.05) is 0 Å². The fourth-order valence-corrected chi connectivity index (χ4v) is 3.36. The van der Waals surface area contributed by atoms with Crippen molar-refractivity contribution in [2.24, 2.45) is 5.92 Å². The standard InChI is InChI=1S/C16H22ClFO2/c1-20-16(11-5-3-2-4-6-11)15(19)10-12-9-13(18)7-8-14(12)17/h7-9,11,15-16,19H,2-6,10H2,1H3. The first-order chi connectivity index (χ1) is 9.61. The predicted molar refractivity (Wildman–Crippen MR) is 78.5 cm³/mol. The average Bonchev–Trinajstić information content (AvgIpc) is 2.45. The van der Waals surface area contributed by atoms with Crippen molar-refractivity contribution in [1.82, 2.24) is 0 Å². The molecule has 112 valence electrons. The molecule has 1 aliphatic carbocycles. The van der Waals surface area contributed by atoms with Gasteiger partial charge in [-0.05, 0) is 42.5 Å². The number of ether oxygens (including phenoxy) is 1. The maximum Gasteiger partial charge on any atom is 0.123 e. The largest absolute Gasteiger partial charge is 0.390 e. The highest BCUT2D eigenvalue weighted by atomic mass is 35.5. The van der Waals surface area contributed by atoms with E-state index >= 15 is 0 Å². The van der Waals surface area contributed by atoms with Gasteiger partial charge in [-0.25, -0.2) is 4.39 Å². The van der Waals surface area contributed by atoms with E-state index in [0.29, 0.717) is 22.9 Å². The monoisotopic (exact) mass is 300 g/mol. The van der Waals surface area contributed by atoms with Gasteiger partial charge in [-0.15, -0.1) is 0 Å². The summed E-state index contributed by atoms with van der Waals surface area (Å²) in [6, 6.07) is 4.24. The first-order valence-corrected chi connectivity index (χ1v) is 7.64. The van der Waals surface area contributed by atoms with Gasteiger partial charge in [0.15, 0.2) is 0 Å². The fraction of sp³-hybridized carbons (Fsp3) is 0.625. The Hall–Kier alpha value is -0.640. The van der Waals surface area contributed by atoms with Gasteiger partial charge in [0, 0.05) is 18.6 Å². The minimum absolute atomic E-state index is 0.199. The van der Waals surface area contributed by atoms with Crippen LogP contribution in [0, 0.1) is 11.7 Å². The van der Waals surface area contributed by atoms with Gasteiger partial charge in [0.05, 0.1) is 12.2 Å². The van der Waals surface area contributed by atoms with Gasteiger partial charge >= 0.3 is 0 Å². The SMILES string of the molecule is COC(C(O)Cc1cc(F)ccc1Cl)C1CCCCC1. The van der Waals surface area contributed by atoms with Gasteiger partial charge < -0.3 is 9.84 Å². The quantitative estimate of drug-likeness (QED) is 0.891. The number of aliphatic hydroxyl groups is 1. The van der Waals surface area contributed by atoms with Gasteiger partial charge in [0.25, 0.3) is 0 Å². The van der Waals surface area contributed by atoms with E-state index in [1.165, 1.54) is 37.5 Å². The van der Waals surface area contributed by atoms with Crippen molar-refractivity contribution in [3.63, 3.8) is 0 Å². The van der Waals surface area contributed by atoms with Gasteiger partial charge in [0.2, 0.25) is 0 Å². The zero-order valence-corrected chi connectivity index (χ0v) is 12.6. The van der Waals surface area contributed by atoms with Crippen LogP contribution < -0.4 is 0 Å². The third-order valence-electron chi connectivity index (χ3n) is 4.20. The van der Waals surface area contributed by atoms with Gasteiger partial charge in [-0.1, -0.05) is 30.9 Å². The highest BCUT2D eigenvalue weighted by molar-refractivity contribution is 6.31. The summed E-state index contributed by atoms with van der Waals surface area (Å²) in [6.07, 6.45) is 5.30. The van der Waals surface area contributed by atoms with Crippen LogP contribution in [0.3, 0.4) is 0 Å². The van der Waals surface area contributed by atoms with Crippen LogP contribution in [-0.4, -0.2) is 24.4 Å². The minimum Gasteiger partial charge on any atom is -0.390 e. The Morgan fingerprint density at radius 3 is 2.70 bits per heavy atom. The number of hydrogen-bond acceptors (Lipinski definition) is 2. The Kier molecular flexibility index (Phi) is 5.82. The minimum atomic E-state index is -0.651. The Morgan fingerprint density at radius 1 is 1.35 bits per heavy atom. The summed E-state index contributed by atoms with van der Waals surface area (Å²) >= 11 is 6.06. The molecule has 0 aromatic heterocycles. The highest BCUT2D eigenvalue weighted by Gasteiger charge is 2.29. The van der Waals surface area contributed by atoms with Crippen molar-refractivity contribution in [1.29, 1.82) is 0 Å². The second-order valence-corrected chi connectivity index (χ2v) is 6.01. The number of halogens is 2. The van der Waals surface area contributed by atoms with Crippen LogP contribution in [0.25, 0.3) is 0 Å². The normalized spacial score (nSPS) is 19.8. The number of aliphatic hydroxyl groups excluding tert-OH is 1. The predicted octanol–water partition coefficient (Wildman–Crippen LogP) is 3.98. The summed E-state index contributed by atoms with van der Waals surface area (Å²) in [5.41, 5.74) is 0.636. The topological polar surface area (TPSA) is 29.5 Å². The first-order valence-electron chi connectivity index (χ1n) is 7.26. The molecule has 1 aromatic rings. The lowest BCUT2D eigenvalue weighted by molar-refractivity contribution is -0.0535. The molecule has 0 heterocycles. The Balaban J connectivity index is 2.04. The molecule has 2 unspecified atom stereocenters. The van der Waals surface area contributed by atoms with Gasteiger partial charge in [0.1, 0.15) is 5.82 Å². The molecule has 1 N–H and O–H groups in total. The summed E-state index contributed by atoms with van der Waals surface area (Å²) in [7, 11) is 1.63. The first kappa shape index (κ1) is 15.7. The van der Waals surface area contributed by atoms with E-state index < -0.39 is 6.10 Å². The van der Waals surface area contributed by atoms with Crippen molar-refractivity contribution >= 4 is 11.6 Å². The van der Waals surface area contributed by atoms with E-state index in [0.717, 1.165) is 12.8 Å². The number of rotatable bonds is 5. The van der Waals surface area contributed by atoms with E-state index in [4.69, 9.17) is 16.3 Å². The molecule has 0 radical (unpaired) electrons. The lowest BCUT2D eigenvalue weighted by Crippen LogP contribution is -2.37. The molecule has 0 aliphatic heterocycles. The zero-order chi connectivity index (χ0) is 14.5. The molecule has 1 aromatic carbocycles. The summed E-state index contributed by atoms with van der Waals surface area (Å²) in [5.74, 6) is 0.0549. The molecule has 2 nitrogen and oxygen atoms in total. The van der Waals surface area contributed by atoms with Crippen LogP contribution in [0.5, 0.6) is 0 Å². The Bertz CT molecular complexity index is 432. The van der Waals surface area contributed by atoms with Crippen molar-refractivity contribution in [2.45, 2.75) is 50.7 Å². The van der Waals surface area contributed by atoms with Crippen molar-refractivity contribution < 1.29 is 14.2 Å². The molecule has 0 bridgehead atoms. The zero-order valence-electron chi connectivity index (χ0n) is 11.8.